The number of aryl methyl sites for hydroxylation is 1. The second kappa shape index (κ2) is 7.47. The van der Waals surface area contributed by atoms with E-state index in [2.05, 4.69) is 5.16 Å². The molecule has 1 atom stereocenters. The number of amides is 1. The van der Waals surface area contributed by atoms with E-state index in [9.17, 15) is 19.1 Å². The maximum atomic E-state index is 14.7. The standard InChI is InChI=1S/C22H17FN2O5/c1-12-10-17(24-30-12)25-19(15-8-3-4-9-16(15)23)18(21(27)22(25)28)20(26)13-6-5-7-14(11-13)29-2/h3-11,19,26H,1-2H3/b20-18+/t19-/m1/s1. The molecule has 4 rings (SSSR count). The highest BCUT2D eigenvalue weighted by Gasteiger charge is 2.48. The maximum absolute atomic E-state index is 14.7. The normalized spacial score (nSPS) is 18.1. The fourth-order valence-electron chi connectivity index (χ4n) is 3.45. The molecule has 3 aromatic rings. The van der Waals surface area contributed by atoms with Crippen molar-refractivity contribution in [1.82, 2.24) is 5.16 Å². The zero-order chi connectivity index (χ0) is 21.4. The first kappa shape index (κ1) is 19.4. The third-order valence-corrected chi connectivity index (χ3v) is 4.85. The number of ketones is 1. The van der Waals surface area contributed by atoms with Crippen LogP contribution in [0.15, 0.2) is 64.7 Å². The van der Waals surface area contributed by atoms with Crippen LogP contribution in [-0.2, 0) is 9.59 Å². The number of rotatable bonds is 4. The fourth-order valence-corrected chi connectivity index (χ4v) is 3.45. The Labute approximate surface area is 171 Å². The van der Waals surface area contributed by atoms with E-state index < -0.39 is 29.3 Å². The summed E-state index contributed by atoms with van der Waals surface area (Å²) in [6.07, 6.45) is 0. The molecule has 0 unspecified atom stereocenters. The van der Waals surface area contributed by atoms with Crippen molar-refractivity contribution in [2.75, 3.05) is 12.0 Å². The van der Waals surface area contributed by atoms with Gasteiger partial charge in [0.05, 0.1) is 18.7 Å². The van der Waals surface area contributed by atoms with Gasteiger partial charge in [0.15, 0.2) is 5.82 Å². The fraction of sp³-hybridized carbons (Fsp3) is 0.136. The predicted octanol–water partition coefficient (Wildman–Crippen LogP) is 3.76. The predicted molar refractivity (Wildman–Crippen MR) is 105 cm³/mol. The van der Waals surface area contributed by atoms with Gasteiger partial charge in [-0.3, -0.25) is 14.5 Å². The van der Waals surface area contributed by atoms with Crippen LogP contribution in [0, 0.1) is 12.7 Å². The molecule has 8 heteroatoms. The van der Waals surface area contributed by atoms with Crippen molar-refractivity contribution in [2.45, 2.75) is 13.0 Å². The lowest BCUT2D eigenvalue weighted by Crippen LogP contribution is -2.30. The van der Waals surface area contributed by atoms with Crippen molar-refractivity contribution in [1.29, 1.82) is 0 Å². The molecule has 0 saturated carbocycles. The smallest absolute Gasteiger partial charge is 0.301 e. The van der Waals surface area contributed by atoms with Crippen LogP contribution in [0.4, 0.5) is 10.2 Å². The largest absolute Gasteiger partial charge is 0.507 e. The average Bonchev–Trinajstić information content (AvgIpc) is 3.29. The number of aliphatic hydroxyl groups is 1. The Bertz CT molecular complexity index is 1180. The Kier molecular flexibility index (Phi) is 4.83. The van der Waals surface area contributed by atoms with Crippen LogP contribution in [0.5, 0.6) is 5.75 Å². The Morgan fingerprint density at radius 3 is 2.60 bits per heavy atom. The van der Waals surface area contributed by atoms with E-state index in [0.29, 0.717) is 11.5 Å². The Balaban J connectivity index is 1.97. The highest BCUT2D eigenvalue weighted by atomic mass is 19.1. The molecule has 1 saturated heterocycles. The average molecular weight is 408 g/mol. The molecule has 2 heterocycles. The van der Waals surface area contributed by atoms with E-state index in [1.807, 2.05) is 0 Å². The van der Waals surface area contributed by atoms with Crippen LogP contribution in [-0.4, -0.2) is 29.1 Å². The number of methoxy groups -OCH3 is 1. The first-order valence-electron chi connectivity index (χ1n) is 9.05. The second-order valence-electron chi connectivity index (χ2n) is 6.72. The lowest BCUT2D eigenvalue weighted by Gasteiger charge is -2.23. The molecule has 1 aromatic heterocycles. The quantitative estimate of drug-likeness (QED) is 0.401. The Morgan fingerprint density at radius 2 is 1.93 bits per heavy atom. The first-order chi connectivity index (χ1) is 14.4. The van der Waals surface area contributed by atoms with Gasteiger partial charge < -0.3 is 14.4 Å². The number of aromatic nitrogens is 1. The number of hydrogen-bond donors (Lipinski definition) is 1. The number of carbonyl (C=O) groups excluding carboxylic acids is 2. The van der Waals surface area contributed by atoms with Gasteiger partial charge in [-0.05, 0) is 25.1 Å². The molecule has 1 aliphatic heterocycles. The molecular weight excluding hydrogens is 391 g/mol. The number of Topliss-reactive ketones (excluding diaryl/α,β-unsaturated/α-hetero) is 1. The zero-order valence-electron chi connectivity index (χ0n) is 16.1. The Morgan fingerprint density at radius 1 is 1.17 bits per heavy atom. The number of nitrogens with zero attached hydrogens (tertiary/aromatic N) is 2. The van der Waals surface area contributed by atoms with Crippen LogP contribution in [0.25, 0.3) is 5.76 Å². The van der Waals surface area contributed by atoms with E-state index in [1.165, 1.54) is 37.4 Å². The summed E-state index contributed by atoms with van der Waals surface area (Å²) in [6, 6.07) is 12.4. The van der Waals surface area contributed by atoms with Crippen LogP contribution in [0.3, 0.4) is 0 Å². The molecule has 1 amide bonds. The number of aliphatic hydroxyl groups excluding tert-OH is 1. The molecule has 152 valence electrons. The van der Waals surface area contributed by atoms with Gasteiger partial charge in [-0.1, -0.05) is 35.5 Å². The summed E-state index contributed by atoms with van der Waals surface area (Å²) in [5.41, 5.74) is 0.0471. The molecule has 0 aliphatic carbocycles. The van der Waals surface area contributed by atoms with E-state index in [-0.39, 0.29) is 22.5 Å². The highest BCUT2D eigenvalue weighted by Crippen LogP contribution is 2.42. The minimum atomic E-state index is -1.22. The molecule has 0 bridgehead atoms. The van der Waals surface area contributed by atoms with Gasteiger partial charge in [-0.15, -0.1) is 0 Å². The third kappa shape index (κ3) is 3.12. The SMILES string of the molecule is COc1cccc(/C(O)=C2\C(=O)C(=O)N(c3cc(C)on3)[C@@H]2c2ccccc2F)c1. The van der Waals surface area contributed by atoms with Gasteiger partial charge in [0, 0.05) is 17.2 Å². The Hall–Kier alpha value is -3.94. The molecule has 0 spiro atoms. The summed E-state index contributed by atoms with van der Waals surface area (Å²) < 4.78 is 24.9. The summed E-state index contributed by atoms with van der Waals surface area (Å²) in [4.78, 5) is 26.9. The van der Waals surface area contributed by atoms with Crippen LogP contribution >= 0.6 is 0 Å². The maximum Gasteiger partial charge on any atom is 0.301 e. The van der Waals surface area contributed by atoms with Gasteiger partial charge in [0.1, 0.15) is 23.1 Å². The number of halogens is 1. The lowest BCUT2D eigenvalue weighted by atomic mass is 9.95. The monoisotopic (exact) mass is 408 g/mol. The van der Waals surface area contributed by atoms with Crippen molar-refractivity contribution in [2.24, 2.45) is 0 Å². The number of anilines is 1. The molecule has 7 nitrogen and oxygen atoms in total. The van der Waals surface area contributed by atoms with E-state index >= 15 is 0 Å². The molecule has 1 fully saturated rings. The number of carbonyl (C=O) groups is 2. The van der Waals surface area contributed by atoms with Crippen molar-refractivity contribution in [3.63, 3.8) is 0 Å². The summed E-state index contributed by atoms with van der Waals surface area (Å²) in [6.45, 7) is 1.63. The van der Waals surface area contributed by atoms with Crippen LogP contribution in [0.2, 0.25) is 0 Å². The summed E-state index contributed by atoms with van der Waals surface area (Å²) in [5, 5.41) is 14.8. The number of benzene rings is 2. The van der Waals surface area contributed by atoms with Gasteiger partial charge in [-0.2, -0.15) is 0 Å². The summed E-state index contributed by atoms with van der Waals surface area (Å²) >= 11 is 0. The highest BCUT2D eigenvalue weighted by molar-refractivity contribution is 6.51. The van der Waals surface area contributed by atoms with E-state index in [0.717, 1.165) is 4.90 Å². The van der Waals surface area contributed by atoms with E-state index in [4.69, 9.17) is 9.26 Å². The van der Waals surface area contributed by atoms with Gasteiger partial charge in [0.25, 0.3) is 5.78 Å². The lowest BCUT2D eigenvalue weighted by molar-refractivity contribution is -0.132. The molecular formula is C22H17FN2O5. The second-order valence-corrected chi connectivity index (χ2v) is 6.72. The summed E-state index contributed by atoms with van der Waals surface area (Å²) in [5.74, 6) is -2.07. The molecule has 0 radical (unpaired) electrons. The first-order valence-corrected chi connectivity index (χ1v) is 9.05. The zero-order valence-corrected chi connectivity index (χ0v) is 16.1. The molecule has 30 heavy (non-hydrogen) atoms. The number of hydrogen-bond acceptors (Lipinski definition) is 6. The third-order valence-electron chi connectivity index (χ3n) is 4.85. The molecule has 1 aliphatic rings. The molecule has 2 aromatic carbocycles. The van der Waals surface area contributed by atoms with Crippen molar-refractivity contribution in [3.05, 3.63) is 82.9 Å². The minimum Gasteiger partial charge on any atom is -0.507 e. The molecule has 1 N–H and O–H groups in total. The van der Waals surface area contributed by atoms with Crippen molar-refractivity contribution in [3.8, 4) is 5.75 Å². The topological polar surface area (TPSA) is 92.9 Å². The van der Waals surface area contributed by atoms with Crippen LogP contribution < -0.4 is 9.64 Å². The number of ether oxygens (including phenoxy) is 1. The van der Waals surface area contributed by atoms with Crippen LogP contribution in [0.1, 0.15) is 22.9 Å². The van der Waals surface area contributed by atoms with E-state index in [1.54, 1.807) is 31.2 Å². The van der Waals surface area contributed by atoms with Gasteiger partial charge in [0.2, 0.25) is 0 Å². The van der Waals surface area contributed by atoms with Gasteiger partial charge >= 0.3 is 5.91 Å². The van der Waals surface area contributed by atoms with Gasteiger partial charge in [-0.25, -0.2) is 4.39 Å². The van der Waals surface area contributed by atoms with Crippen molar-refractivity contribution < 1.29 is 28.3 Å². The van der Waals surface area contributed by atoms with Crippen molar-refractivity contribution >= 4 is 23.3 Å². The summed E-state index contributed by atoms with van der Waals surface area (Å²) in [7, 11) is 1.46. The minimum absolute atomic E-state index is 0.0433.